The smallest absolute Gasteiger partial charge is 0.416 e. The molecule has 2 aromatic rings. The van der Waals surface area contributed by atoms with E-state index in [2.05, 4.69) is 0 Å². The number of alkyl halides is 3. The molecule has 0 fully saturated rings. The summed E-state index contributed by atoms with van der Waals surface area (Å²) in [6, 6.07) is 2.33. The standard InChI is InChI=1S/C12H8BF3O3/c1-5(17)7-2-6(12(14,15)16)3-8-9(18)4-10(13)19-11(7)8/h2-5,17H,1H3. The molecule has 0 bridgehead atoms. The summed E-state index contributed by atoms with van der Waals surface area (Å²) in [6.45, 7) is 1.28. The summed E-state index contributed by atoms with van der Waals surface area (Å²) in [6.07, 6.45) is -5.85. The fourth-order valence-corrected chi connectivity index (χ4v) is 1.78. The Morgan fingerprint density at radius 3 is 2.47 bits per heavy atom. The fourth-order valence-electron chi connectivity index (χ4n) is 1.78. The maximum atomic E-state index is 12.7. The maximum absolute atomic E-state index is 12.7. The van der Waals surface area contributed by atoms with Gasteiger partial charge in [-0.25, -0.2) is 0 Å². The lowest BCUT2D eigenvalue weighted by atomic mass is 9.99. The first-order valence-electron chi connectivity index (χ1n) is 5.32. The molecule has 0 aliphatic carbocycles. The van der Waals surface area contributed by atoms with Crippen LogP contribution in [0.25, 0.3) is 11.0 Å². The molecular formula is C12H8BF3O3. The molecule has 2 rings (SSSR count). The van der Waals surface area contributed by atoms with Gasteiger partial charge in [-0.3, -0.25) is 4.79 Å². The van der Waals surface area contributed by atoms with E-state index in [0.717, 1.165) is 12.1 Å². The van der Waals surface area contributed by atoms with E-state index in [4.69, 9.17) is 12.3 Å². The Bertz CT molecular complexity index is 689. The molecule has 98 valence electrons. The molecule has 0 spiro atoms. The van der Waals surface area contributed by atoms with Crippen LogP contribution in [-0.2, 0) is 6.18 Å². The van der Waals surface area contributed by atoms with Crippen molar-refractivity contribution in [1.82, 2.24) is 0 Å². The quantitative estimate of drug-likeness (QED) is 0.800. The van der Waals surface area contributed by atoms with Gasteiger partial charge in [0, 0.05) is 11.6 Å². The van der Waals surface area contributed by atoms with E-state index >= 15 is 0 Å². The topological polar surface area (TPSA) is 50.4 Å². The molecule has 3 nitrogen and oxygen atoms in total. The van der Waals surface area contributed by atoms with Crippen LogP contribution in [0.3, 0.4) is 0 Å². The molecule has 1 aromatic carbocycles. The zero-order valence-corrected chi connectivity index (χ0v) is 9.78. The summed E-state index contributed by atoms with van der Waals surface area (Å²) in [7, 11) is 5.35. The van der Waals surface area contributed by atoms with Crippen molar-refractivity contribution < 1.29 is 22.7 Å². The van der Waals surface area contributed by atoms with Gasteiger partial charge < -0.3 is 9.52 Å². The van der Waals surface area contributed by atoms with E-state index in [-0.39, 0.29) is 22.2 Å². The SMILES string of the molecule is [B]c1cc(=O)c2cc(C(F)(F)F)cc(C(C)O)c2o1. The highest BCUT2D eigenvalue weighted by atomic mass is 19.4. The largest absolute Gasteiger partial charge is 0.472 e. The van der Waals surface area contributed by atoms with Crippen LogP contribution < -0.4 is 11.1 Å². The highest BCUT2D eigenvalue weighted by Crippen LogP contribution is 2.34. The number of aliphatic hydroxyl groups is 1. The second-order valence-corrected chi connectivity index (χ2v) is 4.13. The molecule has 0 amide bonds. The van der Waals surface area contributed by atoms with Gasteiger partial charge in [0.05, 0.1) is 22.7 Å². The van der Waals surface area contributed by atoms with E-state index in [0.29, 0.717) is 6.07 Å². The monoisotopic (exact) mass is 268 g/mol. The number of hydrogen-bond donors (Lipinski definition) is 1. The Kier molecular flexibility index (Phi) is 3.18. The summed E-state index contributed by atoms with van der Waals surface area (Å²) in [4.78, 5) is 11.7. The van der Waals surface area contributed by atoms with Crippen LogP contribution in [0.2, 0.25) is 0 Å². The van der Waals surface area contributed by atoms with Gasteiger partial charge in [-0.05, 0) is 19.1 Å². The van der Waals surface area contributed by atoms with E-state index in [1.165, 1.54) is 6.92 Å². The Morgan fingerprint density at radius 2 is 1.95 bits per heavy atom. The minimum absolute atomic E-state index is 0.130. The van der Waals surface area contributed by atoms with E-state index in [1.807, 2.05) is 0 Å². The van der Waals surface area contributed by atoms with E-state index < -0.39 is 23.3 Å². The first kappa shape index (κ1) is 13.7. The lowest BCUT2D eigenvalue weighted by molar-refractivity contribution is -0.137. The Hall–Kier alpha value is -1.76. The highest BCUT2D eigenvalue weighted by molar-refractivity contribution is 6.30. The van der Waals surface area contributed by atoms with Gasteiger partial charge in [-0.1, -0.05) is 0 Å². The van der Waals surface area contributed by atoms with Crippen molar-refractivity contribution in [3.8, 4) is 0 Å². The molecule has 0 aliphatic rings. The lowest BCUT2D eigenvalue weighted by Gasteiger charge is -2.13. The minimum Gasteiger partial charge on any atom is -0.472 e. The van der Waals surface area contributed by atoms with Crippen molar-refractivity contribution in [2.24, 2.45) is 0 Å². The molecule has 1 unspecified atom stereocenters. The third-order valence-corrected chi connectivity index (χ3v) is 2.65. The van der Waals surface area contributed by atoms with Crippen molar-refractivity contribution in [1.29, 1.82) is 0 Å². The van der Waals surface area contributed by atoms with Crippen molar-refractivity contribution in [2.75, 3.05) is 0 Å². The number of halogens is 3. The molecule has 1 aromatic heterocycles. The molecular weight excluding hydrogens is 260 g/mol. The molecule has 19 heavy (non-hydrogen) atoms. The van der Waals surface area contributed by atoms with Gasteiger partial charge in [0.2, 0.25) is 0 Å². The van der Waals surface area contributed by atoms with Crippen LogP contribution in [0.4, 0.5) is 13.2 Å². The third kappa shape index (κ3) is 2.51. The number of hydrogen-bond acceptors (Lipinski definition) is 3. The van der Waals surface area contributed by atoms with Gasteiger partial charge in [-0.2, -0.15) is 13.2 Å². The summed E-state index contributed by atoms with van der Waals surface area (Å²) in [5.74, 6) is 0. The van der Waals surface area contributed by atoms with Crippen molar-refractivity contribution in [3.63, 3.8) is 0 Å². The predicted molar refractivity (Wildman–Crippen MR) is 63.5 cm³/mol. The molecule has 0 aliphatic heterocycles. The predicted octanol–water partition coefficient (Wildman–Crippen LogP) is 1.66. The molecule has 0 saturated heterocycles. The molecule has 2 radical (unpaired) electrons. The first-order valence-corrected chi connectivity index (χ1v) is 5.32. The summed E-state index contributed by atoms with van der Waals surface area (Å²) in [5, 5.41) is 9.26. The van der Waals surface area contributed by atoms with E-state index in [9.17, 15) is 23.1 Å². The van der Waals surface area contributed by atoms with Crippen molar-refractivity contribution in [2.45, 2.75) is 19.2 Å². The zero-order valence-electron chi connectivity index (χ0n) is 9.78. The van der Waals surface area contributed by atoms with Gasteiger partial charge in [-0.15, -0.1) is 0 Å². The number of fused-ring (bicyclic) bond motifs is 1. The van der Waals surface area contributed by atoms with Gasteiger partial charge in [0.25, 0.3) is 0 Å². The number of benzene rings is 1. The number of rotatable bonds is 1. The molecule has 0 saturated carbocycles. The first-order chi connectivity index (χ1) is 8.70. The Balaban J connectivity index is 2.92. The van der Waals surface area contributed by atoms with Crippen LogP contribution in [0.5, 0.6) is 0 Å². The average Bonchev–Trinajstić information content (AvgIpc) is 2.25. The van der Waals surface area contributed by atoms with Crippen LogP contribution in [0, 0.1) is 0 Å². The Labute approximate surface area is 107 Å². The van der Waals surface area contributed by atoms with Crippen molar-refractivity contribution in [3.05, 3.63) is 39.5 Å². The van der Waals surface area contributed by atoms with Crippen LogP contribution in [-0.4, -0.2) is 13.0 Å². The summed E-state index contributed by atoms with van der Waals surface area (Å²) < 4.78 is 43.2. The van der Waals surface area contributed by atoms with Crippen molar-refractivity contribution >= 4 is 24.5 Å². The molecule has 1 atom stereocenters. The summed E-state index contributed by atoms with van der Waals surface area (Å²) >= 11 is 0. The molecule has 1 heterocycles. The molecule has 7 heteroatoms. The molecule has 1 N–H and O–H groups in total. The third-order valence-electron chi connectivity index (χ3n) is 2.65. The van der Waals surface area contributed by atoms with Crippen LogP contribution in [0.1, 0.15) is 24.2 Å². The number of aliphatic hydroxyl groups excluding tert-OH is 1. The average molecular weight is 268 g/mol. The van der Waals surface area contributed by atoms with Crippen LogP contribution in [0.15, 0.2) is 27.4 Å². The second-order valence-electron chi connectivity index (χ2n) is 4.13. The highest BCUT2D eigenvalue weighted by Gasteiger charge is 2.32. The zero-order chi connectivity index (χ0) is 14.4. The maximum Gasteiger partial charge on any atom is 0.416 e. The minimum atomic E-state index is -4.62. The Morgan fingerprint density at radius 1 is 1.32 bits per heavy atom. The van der Waals surface area contributed by atoms with Gasteiger partial charge in [0.1, 0.15) is 5.58 Å². The van der Waals surface area contributed by atoms with E-state index in [1.54, 1.807) is 0 Å². The van der Waals surface area contributed by atoms with Gasteiger partial charge in [0.15, 0.2) is 13.3 Å². The summed E-state index contributed by atoms with van der Waals surface area (Å²) in [5.41, 5.74) is -2.19. The fraction of sp³-hybridized carbons (Fsp3) is 0.250. The van der Waals surface area contributed by atoms with Gasteiger partial charge >= 0.3 is 6.18 Å². The lowest BCUT2D eigenvalue weighted by Crippen LogP contribution is -2.15. The normalized spacial score (nSPS) is 13.7. The van der Waals surface area contributed by atoms with Crippen LogP contribution >= 0.6 is 0 Å². The second kappa shape index (κ2) is 4.41.